The minimum Gasteiger partial charge on any atom is -0.462 e. The molecule has 2 aliphatic heterocycles. The monoisotopic (exact) mass is 583 g/mol. The highest BCUT2D eigenvalue weighted by Crippen LogP contribution is 2.48. The van der Waals surface area contributed by atoms with Crippen molar-refractivity contribution in [1.29, 1.82) is 5.26 Å². The first-order valence-corrected chi connectivity index (χ1v) is 15.9. The number of carbonyl (C=O) groups is 1. The molecule has 228 valence electrons. The first-order valence-electron chi connectivity index (χ1n) is 15.9. The van der Waals surface area contributed by atoms with E-state index in [1.165, 1.54) is 23.1 Å². The van der Waals surface area contributed by atoms with Gasteiger partial charge >= 0.3 is 6.01 Å². The van der Waals surface area contributed by atoms with Gasteiger partial charge in [-0.2, -0.15) is 15.2 Å². The zero-order valence-corrected chi connectivity index (χ0v) is 26.0. The van der Waals surface area contributed by atoms with Crippen LogP contribution in [0.1, 0.15) is 54.5 Å². The molecule has 6 rings (SSSR count). The SMILES string of the molecule is CN(C)C/C=C/C(=O)N1CCN(c2nc(OCC3CCCN3C)nc3c2CCC2(CCc4ccccc42)C3)CC1CC#N. The highest BCUT2D eigenvalue weighted by molar-refractivity contribution is 5.88. The molecule has 1 amide bonds. The molecule has 3 atom stereocenters. The number of rotatable bonds is 8. The highest BCUT2D eigenvalue weighted by atomic mass is 16.5. The summed E-state index contributed by atoms with van der Waals surface area (Å²) in [5, 5.41) is 9.67. The largest absolute Gasteiger partial charge is 0.462 e. The van der Waals surface area contributed by atoms with E-state index in [1.807, 2.05) is 30.0 Å². The summed E-state index contributed by atoms with van der Waals surface area (Å²) >= 11 is 0. The van der Waals surface area contributed by atoms with Crippen molar-refractivity contribution < 1.29 is 9.53 Å². The fraction of sp³-hybridized carbons (Fsp3) is 0.588. The Morgan fingerprint density at radius 1 is 1.16 bits per heavy atom. The molecule has 3 unspecified atom stereocenters. The van der Waals surface area contributed by atoms with Gasteiger partial charge in [-0.05, 0) is 83.8 Å². The lowest BCUT2D eigenvalue weighted by atomic mass is 9.69. The van der Waals surface area contributed by atoms with Gasteiger partial charge in [-0.25, -0.2) is 0 Å². The number of piperazine rings is 1. The fourth-order valence-electron chi connectivity index (χ4n) is 7.64. The van der Waals surface area contributed by atoms with Crippen molar-refractivity contribution in [3.63, 3.8) is 0 Å². The number of likely N-dealkylation sites (N-methyl/N-ethyl adjacent to an activating group) is 2. The Morgan fingerprint density at radius 2 is 2.00 bits per heavy atom. The molecule has 43 heavy (non-hydrogen) atoms. The Hall–Kier alpha value is -3.48. The third-order valence-electron chi connectivity index (χ3n) is 10.1. The third kappa shape index (κ3) is 6.13. The summed E-state index contributed by atoms with van der Waals surface area (Å²) in [6, 6.07) is 11.9. The molecule has 2 aliphatic carbocycles. The Morgan fingerprint density at radius 3 is 2.79 bits per heavy atom. The van der Waals surface area contributed by atoms with Crippen LogP contribution in [0.2, 0.25) is 0 Å². The quantitative estimate of drug-likeness (QED) is 0.437. The number of likely N-dealkylation sites (tertiary alicyclic amines) is 1. The zero-order chi connectivity index (χ0) is 30.0. The van der Waals surface area contributed by atoms with Gasteiger partial charge in [0.1, 0.15) is 12.4 Å². The molecular weight excluding hydrogens is 538 g/mol. The molecule has 4 aliphatic rings. The average molecular weight is 584 g/mol. The molecule has 0 N–H and O–H groups in total. The number of carbonyl (C=O) groups excluding carboxylic acids is 1. The maximum absolute atomic E-state index is 13.1. The Balaban J connectivity index is 1.28. The van der Waals surface area contributed by atoms with E-state index in [0.29, 0.717) is 44.8 Å². The first-order chi connectivity index (χ1) is 20.9. The van der Waals surface area contributed by atoms with Crippen LogP contribution in [0.3, 0.4) is 0 Å². The van der Waals surface area contributed by atoms with E-state index in [9.17, 15) is 10.1 Å². The van der Waals surface area contributed by atoms with Crippen molar-refractivity contribution in [2.45, 2.75) is 68.9 Å². The fourth-order valence-corrected chi connectivity index (χ4v) is 7.64. The van der Waals surface area contributed by atoms with Crippen LogP contribution in [0.25, 0.3) is 0 Å². The summed E-state index contributed by atoms with van der Waals surface area (Å²) in [6.45, 7) is 4.17. The van der Waals surface area contributed by atoms with Crippen molar-refractivity contribution in [2.24, 2.45) is 0 Å². The standard InChI is InChI=1S/C34H45N7O2/c1-38(2)18-7-11-31(42)41-21-20-40(23-26(41)14-17-35)32-28-13-16-34(15-12-25-8-4-5-10-29(25)34)22-30(28)36-33(37-32)43-24-27-9-6-19-39(27)3/h4-5,7-8,10-11,26-27H,6,9,12-16,18-24H2,1-3H3/b11-7+. The third-order valence-corrected chi connectivity index (χ3v) is 10.1. The lowest BCUT2D eigenvalue weighted by molar-refractivity contribution is -0.128. The van der Waals surface area contributed by atoms with Crippen molar-refractivity contribution in [3.8, 4) is 12.1 Å². The molecule has 9 nitrogen and oxygen atoms in total. The van der Waals surface area contributed by atoms with Crippen LogP contribution in [-0.2, 0) is 29.5 Å². The van der Waals surface area contributed by atoms with Gasteiger partial charge in [-0.1, -0.05) is 30.3 Å². The van der Waals surface area contributed by atoms with Crippen molar-refractivity contribution in [3.05, 3.63) is 58.8 Å². The van der Waals surface area contributed by atoms with Gasteiger partial charge < -0.3 is 24.3 Å². The van der Waals surface area contributed by atoms with E-state index in [1.54, 1.807) is 6.08 Å². The number of hydrogen-bond donors (Lipinski definition) is 0. The molecule has 9 heteroatoms. The molecular formula is C34H45N7O2. The average Bonchev–Trinajstić information content (AvgIpc) is 3.58. The van der Waals surface area contributed by atoms with Crippen LogP contribution in [0.4, 0.5) is 5.82 Å². The van der Waals surface area contributed by atoms with Gasteiger partial charge in [0.25, 0.3) is 0 Å². The van der Waals surface area contributed by atoms with E-state index in [-0.39, 0.29) is 23.8 Å². The van der Waals surface area contributed by atoms with E-state index in [4.69, 9.17) is 14.7 Å². The van der Waals surface area contributed by atoms with Crippen molar-refractivity contribution >= 4 is 11.7 Å². The highest BCUT2D eigenvalue weighted by Gasteiger charge is 2.43. The van der Waals surface area contributed by atoms with E-state index in [2.05, 4.69) is 47.2 Å². The molecule has 2 fully saturated rings. The topological polar surface area (TPSA) is 88.8 Å². The molecule has 0 bridgehead atoms. The molecule has 2 aromatic rings. The summed E-state index contributed by atoms with van der Waals surface area (Å²) < 4.78 is 6.36. The van der Waals surface area contributed by atoms with E-state index in [0.717, 1.165) is 56.6 Å². The van der Waals surface area contributed by atoms with Gasteiger partial charge in [-0.3, -0.25) is 4.79 Å². The van der Waals surface area contributed by atoms with E-state index < -0.39 is 0 Å². The minimum atomic E-state index is -0.200. The van der Waals surface area contributed by atoms with Gasteiger partial charge in [-0.15, -0.1) is 0 Å². The van der Waals surface area contributed by atoms with Crippen LogP contribution < -0.4 is 9.64 Å². The molecule has 1 aromatic heterocycles. The second-order valence-corrected chi connectivity index (χ2v) is 13.1. The lowest BCUT2D eigenvalue weighted by Crippen LogP contribution is -2.55. The Bertz CT molecular complexity index is 1400. The number of nitriles is 1. The predicted molar refractivity (Wildman–Crippen MR) is 167 cm³/mol. The number of ether oxygens (including phenoxy) is 1. The van der Waals surface area contributed by atoms with Crippen LogP contribution in [0.15, 0.2) is 36.4 Å². The number of aromatic nitrogens is 2. The van der Waals surface area contributed by atoms with Crippen LogP contribution in [0.5, 0.6) is 6.01 Å². The normalized spacial score (nSPS) is 25.4. The maximum atomic E-state index is 13.1. The summed E-state index contributed by atoms with van der Waals surface area (Å²) in [5.41, 5.74) is 5.39. The summed E-state index contributed by atoms with van der Waals surface area (Å²) in [5.74, 6) is 0.900. The van der Waals surface area contributed by atoms with Crippen LogP contribution >= 0.6 is 0 Å². The van der Waals surface area contributed by atoms with Crippen molar-refractivity contribution in [2.75, 3.05) is 65.4 Å². The number of benzene rings is 1. The molecule has 0 radical (unpaired) electrons. The number of hydrogen-bond acceptors (Lipinski definition) is 8. The number of amides is 1. The number of aryl methyl sites for hydroxylation is 1. The lowest BCUT2D eigenvalue weighted by Gasteiger charge is -2.42. The number of fused-ring (bicyclic) bond motifs is 3. The second kappa shape index (κ2) is 12.6. The second-order valence-electron chi connectivity index (χ2n) is 13.1. The first kappa shape index (κ1) is 29.6. The molecule has 2 saturated heterocycles. The van der Waals surface area contributed by atoms with Gasteiger partial charge in [0.15, 0.2) is 0 Å². The van der Waals surface area contributed by atoms with Crippen molar-refractivity contribution in [1.82, 2.24) is 24.7 Å². The Labute approximate surface area is 256 Å². The number of nitrogens with zero attached hydrogens (tertiary/aromatic N) is 7. The zero-order valence-electron chi connectivity index (χ0n) is 26.0. The maximum Gasteiger partial charge on any atom is 0.318 e. The van der Waals surface area contributed by atoms with Gasteiger partial charge in [0.05, 0.1) is 24.2 Å². The van der Waals surface area contributed by atoms with Gasteiger partial charge in [0, 0.05) is 49.3 Å². The molecule has 1 spiro atoms. The minimum absolute atomic E-state index is 0.0296. The molecule has 0 saturated carbocycles. The predicted octanol–water partition coefficient (Wildman–Crippen LogP) is 3.37. The Kier molecular flexibility index (Phi) is 8.69. The van der Waals surface area contributed by atoms with Crippen LogP contribution in [-0.4, -0.2) is 103 Å². The smallest absolute Gasteiger partial charge is 0.318 e. The number of anilines is 1. The van der Waals surface area contributed by atoms with Gasteiger partial charge in [0.2, 0.25) is 5.91 Å². The summed E-state index contributed by atoms with van der Waals surface area (Å²) in [4.78, 5) is 31.8. The summed E-state index contributed by atoms with van der Waals surface area (Å²) in [7, 11) is 6.12. The van der Waals surface area contributed by atoms with Crippen LogP contribution in [0, 0.1) is 11.3 Å². The molecule has 3 heterocycles. The molecule has 1 aromatic carbocycles. The van der Waals surface area contributed by atoms with E-state index >= 15 is 0 Å². The summed E-state index contributed by atoms with van der Waals surface area (Å²) in [6.07, 6.45) is 11.3.